The third kappa shape index (κ3) is 1.59. The molecule has 0 saturated heterocycles. The number of ketones is 1. The molecule has 0 spiro atoms. The summed E-state index contributed by atoms with van der Waals surface area (Å²) in [6, 6.07) is 0. The molecular weight excluding hydrogens is 180 g/mol. The molecule has 6 nitrogen and oxygen atoms in total. The van der Waals surface area contributed by atoms with Crippen LogP contribution in [0.1, 0.15) is 7.79 Å². The maximum absolute atomic E-state index is 11.0. The van der Waals surface area contributed by atoms with Crippen molar-refractivity contribution in [3.05, 3.63) is 0 Å². The van der Waals surface area contributed by atoms with Gasteiger partial charge in [-0.25, -0.2) is 0 Å². The van der Waals surface area contributed by atoms with Crippen LogP contribution in [0.4, 0.5) is 0 Å². The molecule has 1 unspecified atom stereocenters. The van der Waals surface area contributed by atoms with Crippen LogP contribution in [0.15, 0.2) is 0 Å². The Balaban J connectivity index is 2.96. The van der Waals surface area contributed by atoms with E-state index in [4.69, 9.17) is 16.7 Å². The zero-order valence-electron chi connectivity index (χ0n) is 7.66. The third-order valence-electron chi connectivity index (χ3n) is 2.17. The Kier molecular flexibility index (Phi) is 2.31. The van der Waals surface area contributed by atoms with Crippen molar-refractivity contribution in [2.75, 3.05) is 6.58 Å². The van der Waals surface area contributed by atoms with Gasteiger partial charge < -0.3 is 25.5 Å². The summed E-state index contributed by atoms with van der Waals surface area (Å²) in [5, 5.41) is 45.7. The molecule has 0 heterocycles. The zero-order valence-corrected chi connectivity index (χ0v) is 6.66. The van der Waals surface area contributed by atoms with Crippen LogP contribution in [0.5, 0.6) is 0 Å². The molecule has 0 aliphatic heterocycles. The molecule has 76 valence electrons. The van der Waals surface area contributed by atoms with E-state index in [9.17, 15) is 15.0 Å². The summed E-state index contributed by atoms with van der Waals surface area (Å²) in [5.41, 5.74) is -2.42. The van der Waals surface area contributed by atoms with Gasteiger partial charge in [0.15, 0.2) is 5.78 Å². The van der Waals surface area contributed by atoms with Gasteiger partial charge in [-0.3, -0.25) is 4.79 Å². The monoisotopic (exact) mass is 194 g/mol. The number of carbonyl (C=O) groups is 1. The maximum Gasteiger partial charge on any atom is 0.167 e. The number of hydrogen-bond donors (Lipinski definition) is 5. The summed E-state index contributed by atoms with van der Waals surface area (Å²) in [7, 11) is 0. The standard InChI is InChI=1S/C7H12O6/c8-2-7(13)1-3(9)4(10)5(11)6(7)12/h4-6,8,10-13H,1-2H2/t4-,5+,6-,7-/m0/s1/i2T/t2?,4-,5+,6-,7-. The second kappa shape index (κ2) is 3.32. The van der Waals surface area contributed by atoms with Gasteiger partial charge in [-0.1, -0.05) is 0 Å². The van der Waals surface area contributed by atoms with Crippen LogP contribution >= 0.6 is 0 Å². The van der Waals surface area contributed by atoms with Crippen LogP contribution in [-0.4, -0.2) is 61.8 Å². The Morgan fingerprint density at radius 2 is 2.08 bits per heavy atom. The molecule has 1 aliphatic carbocycles. The molecule has 0 aromatic carbocycles. The van der Waals surface area contributed by atoms with Gasteiger partial charge in [0.1, 0.15) is 23.9 Å². The van der Waals surface area contributed by atoms with Gasteiger partial charge >= 0.3 is 0 Å². The van der Waals surface area contributed by atoms with Gasteiger partial charge in [-0.05, 0) is 0 Å². The number of aliphatic hydroxyl groups excluding tert-OH is 4. The molecule has 1 rings (SSSR count). The van der Waals surface area contributed by atoms with E-state index in [1.807, 2.05) is 0 Å². The summed E-state index contributed by atoms with van der Waals surface area (Å²) in [5.74, 6) is -0.920. The van der Waals surface area contributed by atoms with Gasteiger partial charge in [-0.15, -0.1) is 0 Å². The molecule has 1 saturated carbocycles. The van der Waals surface area contributed by atoms with E-state index in [0.717, 1.165) is 0 Å². The maximum atomic E-state index is 11.0. The third-order valence-corrected chi connectivity index (χ3v) is 2.17. The molecular formula is C7H12O6. The Hall–Kier alpha value is -0.530. The average Bonchev–Trinajstić information content (AvgIpc) is 2.11. The fourth-order valence-electron chi connectivity index (χ4n) is 1.27. The number of aliphatic hydroxyl groups is 5. The first-order valence-electron chi connectivity index (χ1n) is 4.28. The number of rotatable bonds is 1. The van der Waals surface area contributed by atoms with E-state index >= 15 is 0 Å². The summed E-state index contributed by atoms with van der Waals surface area (Å²) in [4.78, 5) is 11.0. The van der Waals surface area contributed by atoms with Gasteiger partial charge in [0.25, 0.3) is 0 Å². The smallest absolute Gasteiger partial charge is 0.167 e. The largest absolute Gasteiger partial charge is 0.393 e. The van der Waals surface area contributed by atoms with Crippen molar-refractivity contribution in [3.63, 3.8) is 0 Å². The second-order valence-corrected chi connectivity index (χ2v) is 3.14. The van der Waals surface area contributed by atoms with Gasteiger partial charge in [0, 0.05) is 6.42 Å². The topological polar surface area (TPSA) is 118 Å². The highest BCUT2D eigenvalue weighted by atomic mass is 16.4. The molecule has 0 aromatic heterocycles. The highest BCUT2D eigenvalue weighted by Gasteiger charge is 2.50. The molecule has 0 aromatic rings. The first kappa shape index (κ1) is 9.04. The average molecular weight is 194 g/mol. The lowest BCUT2D eigenvalue weighted by Crippen LogP contribution is -2.62. The van der Waals surface area contributed by atoms with Crippen LogP contribution < -0.4 is 0 Å². The number of Topliss-reactive ketones (excluding diaryl/α,β-unsaturated/α-hetero) is 1. The highest BCUT2D eigenvalue weighted by molar-refractivity contribution is 5.85. The molecule has 5 atom stereocenters. The molecule has 6 heteroatoms. The molecule has 1 aliphatic rings. The van der Waals surface area contributed by atoms with Crippen LogP contribution in [0.2, 0.25) is 0 Å². The Bertz CT molecular complexity index is 244. The zero-order chi connectivity index (χ0) is 11.1. The minimum absolute atomic E-state index is 0.767. The first-order chi connectivity index (χ1) is 6.30. The van der Waals surface area contributed by atoms with Crippen LogP contribution in [0.3, 0.4) is 0 Å². The fraction of sp³-hybridized carbons (Fsp3) is 0.857. The van der Waals surface area contributed by atoms with Crippen LogP contribution in [-0.2, 0) is 4.79 Å². The van der Waals surface area contributed by atoms with Crippen molar-refractivity contribution in [1.29, 1.82) is 0 Å². The van der Waals surface area contributed by atoms with Gasteiger partial charge in [0.2, 0.25) is 0 Å². The van der Waals surface area contributed by atoms with Crippen molar-refractivity contribution in [2.24, 2.45) is 0 Å². The van der Waals surface area contributed by atoms with E-state index in [1.54, 1.807) is 0 Å². The van der Waals surface area contributed by atoms with Crippen molar-refractivity contribution in [2.45, 2.75) is 30.3 Å². The lowest BCUT2D eigenvalue weighted by Gasteiger charge is -2.39. The minimum atomic E-state index is -2.42. The molecule has 13 heavy (non-hydrogen) atoms. The van der Waals surface area contributed by atoms with Crippen LogP contribution in [0.25, 0.3) is 0 Å². The Morgan fingerprint density at radius 3 is 2.54 bits per heavy atom. The summed E-state index contributed by atoms with van der Waals surface area (Å²) >= 11 is 0. The van der Waals surface area contributed by atoms with Crippen molar-refractivity contribution in [1.82, 2.24) is 0 Å². The summed E-state index contributed by atoms with van der Waals surface area (Å²) in [6.07, 6.45) is -6.37. The molecule has 1 fully saturated rings. The minimum Gasteiger partial charge on any atom is -0.393 e. The predicted molar refractivity (Wildman–Crippen MR) is 39.7 cm³/mol. The number of hydrogen-bond acceptors (Lipinski definition) is 6. The molecule has 0 amide bonds. The molecule has 0 bridgehead atoms. The van der Waals surface area contributed by atoms with Crippen molar-refractivity contribution in [3.8, 4) is 0 Å². The summed E-state index contributed by atoms with van der Waals surface area (Å²) in [6.45, 7) is -2.12. The van der Waals surface area contributed by atoms with Crippen LogP contribution in [0, 0.1) is 0 Å². The lowest BCUT2D eigenvalue weighted by molar-refractivity contribution is -0.198. The van der Waals surface area contributed by atoms with E-state index in [0.29, 0.717) is 0 Å². The quantitative estimate of drug-likeness (QED) is 0.299. The van der Waals surface area contributed by atoms with Crippen molar-refractivity contribution < 1.29 is 31.7 Å². The van der Waals surface area contributed by atoms with Gasteiger partial charge in [-0.2, -0.15) is 0 Å². The lowest BCUT2D eigenvalue weighted by atomic mass is 9.78. The molecule has 5 N–H and O–H groups in total. The van der Waals surface area contributed by atoms with Crippen molar-refractivity contribution >= 4 is 5.78 Å². The normalized spacial score (nSPS) is 50.1. The second-order valence-electron chi connectivity index (χ2n) is 3.14. The number of carbonyl (C=O) groups excluding carboxylic acids is 1. The predicted octanol–water partition coefficient (Wildman–Crippen LogP) is -3.23. The fourth-order valence-corrected chi connectivity index (χ4v) is 1.27. The van der Waals surface area contributed by atoms with E-state index in [1.165, 1.54) is 0 Å². The Morgan fingerprint density at radius 1 is 1.54 bits per heavy atom. The van der Waals surface area contributed by atoms with E-state index < -0.39 is 42.7 Å². The highest BCUT2D eigenvalue weighted by Crippen LogP contribution is 2.26. The summed E-state index contributed by atoms with van der Waals surface area (Å²) < 4.78 is 6.85. The van der Waals surface area contributed by atoms with E-state index in [-0.39, 0.29) is 0 Å². The Labute approximate surface area is 75.5 Å². The first-order valence-corrected chi connectivity index (χ1v) is 3.70. The SMILES string of the molecule is [3H]C(O)[C@@]1(O)CC(=O)[C@H](O)[C@@H](O)[C@@H]1O. The molecule has 0 radical (unpaired) electrons. The van der Waals surface area contributed by atoms with E-state index in [2.05, 4.69) is 0 Å². The van der Waals surface area contributed by atoms with Gasteiger partial charge in [0.05, 0.1) is 7.95 Å².